The zero-order valence-electron chi connectivity index (χ0n) is 12.8. The Balaban J connectivity index is 1.89. The van der Waals surface area contributed by atoms with Gasteiger partial charge in [0.25, 0.3) is 0 Å². The molecule has 0 heterocycles. The predicted octanol–water partition coefficient (Wildman–Crippen LogP) is 4.82. The molecule has 2 nitrogen and oxygen atoms in total. The molecule has 0 amide bonds. The minimum atomic E-state index is 0.129. The lowest BCUT2D eigenvalue weighted by molar-refractivity contribution is 0.319. The molecule has 3 rings (SSSR count). The Hall–Kier alpha value is -1.54. The molecule has 1 fully saturated rings. The summed E-state index contributed by atoms with van der Waals surface area (Å²) in [4.78, 5) is 0. The second-order valence-corrected chi connectivity index (χ2v) is 6.25. The molecule has 1 atom stereocenters. The van der Waals surface area contributed by atoms with Gasteiger partial charge in [0.2, 0.25) is 0 Å². The summed E-state index contributed by atoms with van der Waals surface area (Å²) in [7, 11) is 1.73. The van der Waals surface area contributed by atoms with Crippen LogP contribution in [0, 0.1) is 5.92 Å². The van der Waals surface area contributed by atoms with E-state index in [2.05, 4.69) is 36.4 Å². The molecule has 2 aromatic carbocycles. The molecule has 2 heteroatoms. The van der Waals surface area contributed by atoms with Crippen LogP contribution < -0.4 is 10.5 Å². The van der Waals surface area contributed by atoms with Gasteiger partial charge >= 0.3 is 0 Å². The first-order valence-corrected chi connectivity index (χ1v) is 8.11. The van der Waals surface area contributed by atoms with Crippen LogP contribution >= 0.6 is 0 Å². The molecule has 1 saturated carbocycles. The minimum absolute atomic E-state index is 0.129. The van der Waals surface area contributed by atoms with Gasteiger partial charge in [-0.15, -0.1) is 0 Å². The SMILES string of the molecule is COc1ccc(C(N)CC2CCCCC2)c2ccccc12. The maximum absolute atomic E-state index is 6.54. The third-order valence-electron chi connectivity index (χ3n) is 4.85. The standard InChI is InChI=1S/C19H25NO/c1-21-19-12-11-16(15-9-5-6-10-17(15)19)18(20)13-14-7-3-2-4-8-14/h5-6,9-12,14,18H,2-4,7-8,13,20H2,1H3. The zero-order valence-corrected chi connectivity index (χ0v) is 12.8. The van der Waals surface area contributed by atoms with E-state index in [-0.39, 0.29) is 6.04 Å². The topological polar surface area (TPSA) is 35.2 Å². The van der Waals surface area contributed by atoms with Gasteiger partial charge in [-0.1, -0.05) is 62.4 Å². The Morgan fingerprint density at radius 1 is 1.05 bits per heavy atom. The van der Waals surface area contributed by atoms with Gasteiger partial charge in [-0.05, 0) is 29.4 Å². The van der Waals surface area contributed by atoms with E-state index in [0.717, 1.165) is 23.5 Å². The quantitative estimate of drug-likeness (QED) is 0.873. The molecule has 2 aromatic rings. The zero-order chi connectivity index (χ0) is 14.7. The van der Waals surface area contributed by atoms with Crippen molar-refractivity contribution in [2.24, 2.45) is 11.7 Å². The molecule has 0 aromatic heterocycles. The van der Waals surface area contributed by atoms with Gasteiger partial charge in [-0.25, -0.2) is 0 Å². The van der Waals surface area contributed by atoms with E-state index in [4.69, 9.17) is 10.5 Å². The number of rotatable bonds is 4. The first-order valence-electron chi connectivity index (χ1n) is 8.11. The molecule has 0 saturated heterocycles. The predicted molar refractivity (Wildman–Crippen MR) is 88.6 cm³/mol. The first-order chi connectivity index (χ1) is 10.3. The number of benzene rings is 2. The maximum atomic E-state index is 6.54. The Morgan fingerprint density at radius 3 is 2.48 bits per heavy atom. The van der Waals surface area contributed by atoms with Crippen LogP contribution in [0.15, 0.2) is 36.4 Å². The molecule has 1 aliphatic rings. The normalized spacial score (nSPS) is 17.8. The van der Waals surface area contributed by atoms with Crippen molar-refractivity contribution in [3.63, 3.8) is 0 Å². The van der Waals surface area contributed by atoms with Gasteiger partial charge in [-0.2, -0.15) is 0 Å². The molecule has 1 aliphatic carbocycles. The fourth-order valence-electron chi connectivity index (χ4n) is 3.70. The highest BCUT2D eigenvalue weighted by atomic mass is 16.5. The van der Waals surface area contributed by atoms with Crippen LogP contribution in [0.2, 0.25) is 0 Å². The Bertz CT molecular complexity index is 602. The van der Waals surface area contributed by atoms with Crippen LogP contribution in [0.3, 0.4) is 0 Å². The number of hydrogen-bond donors (Lipinski definition) is 1. The second kappa shape index (κ2) is 6.48. The van der Waals surface area contributed by atoms with Crippen LogP contribution in [0.4, 0.5) is 0 Å². The Labute approximate surface area is 127 Å². The number of ether oxygens (including phenoxy) is 1. The van der Waals surface area contributed by atoms with Crippen molar-refractivity contribution >= 4 is 10.8 Å². The lowest BCUT2D eigenvalue weighted by Crippen LogP contribution is -2.17. The van der Waals surface area contributed by atoms with Crippen molar-refractivity contribution in [2.45, 2.75) is 44.6 Å². The van der Waals surface area contributed by atoms with Gasteiger partial charge < -0.3 is 10.5 Å². The molecule has 0 aliphatic heterocycles. The fourth-order valence-corrected chi connectivity index (χ4v) is 3.70. The van der Waals surface area contributed by atoms with E-state index in [1.807, 2.05) is 0 Å². The first kappa shape index (κ1) is 14.4. The van der Waals surface area contributed by atoms with Crippen LogP contribution in [0.25, 0.3) is 10.8 Å². The van der Waals surface area contributed by atoms with Crippen molar-refractivity contribution in [2.75, 3.05) is 7.11 Å². The third-order valence-corrected chi connectivity index (χ3v) is 4.85. The van der Waals surface area contributed by atoms with Crippen molar-refractivity contribution in [1.82, 2.24) is 0 Å². The highest BCUT2D eigenvalue weighted by Crippen LogP contribution is 2.35. The van der Waals surface area contributed by atoms with E-state index in [1.54, 1.807) is 7.11 Å². The highest BCUT2D eigenvalue weighted by molar-refractivity contribution is 5.91. The maximum Gasteiger partial charge on any atom is 0.126 e. The van der Waals surface area contributed by atoms with Gasteiger partial charge in [-0.3, -0.25) is 0 Å². The lowest BCUT2D eigenvalue weighted by Gasteiger charge is -2.25. The van der Waals surface area contributed by atoms with Gasteiger partial charge in [0, 0.05) is 11.4 Å². The lowest BCUT2D eigenvalue weighted by atomic mass is 9.83. The van der Waals surface area contributed by atoms with Crippen molar-refractivity contribution in [1.29, 1.82) is 0 Å². The summed E-state index contributed by atoms with van der Waals surface area (Å²) >= 11 is 0. The molecule has 2 N–H and O–H groups in total. The second-order valence-electron chi connectivity index (χ2n) is 6.25. The molecule has 0 radical (unpaired) electrons. The van der Waals surface area contributed by atoms with E-state index < -0.39 is 0 Å². The third kappa shape index (κ3) is 3.06. The molecule has 112 valence electrons. The van der Waals surface area contributed by atoms with E-state index >= 15 is 0 Å². The highest BCUT2D eigenvalue weighted by Gasteiger charge is 2.19. The fraction of sp³-hybridized carbons (Fsp3) is 0.474. The van der Waals surface area contributed by atoms with Crippen LogP contribution in [-0.4, -0.2) is 7.11 Å². The summed E-state index contributed by atoms with van der Waals surface area (Å²) in [5, 5.41) is 2.40. The van der Waals surface area contributed by atoms with Gasteiger partial charge in [0.15, 0.2) is 0 Å². The number of hydrogen-bond acceptors (Lipinski definition) is 2. The van der Waals surface area contributed by atoms with Crippen molar-refractivity contribution < 1.29 is 4.74 Å². The van der Waals surface area contributed by atoms with Crippen LogP contribution in [0.5, 0.6) is 5.75 Å². The largest absolute Gasteiger partial charge is 0.496 e. The Kier molecular flexibility index (Phi) is 4.45. The van der Waals surface area contributed by atoms with Crippen molar-refractivity contribution in [3.05, 3.63) is 42.0 Å². The van der Waals surface area contributed by atoms with E-state index in [1.165, 1.54) is 43.1 Å². The monoisotopic (exact) mass is 283 g/mol. The smallest absolute Gasteiger partial charge is 0.126 e. The summed E-state index contributed by atoms with van der Waals surface area (Å²) in [6.45, 7) is 0. The molecule has 0 bridgehead atoms. The average Bonchev–Trinajstić information content (AvgIpc) is 2.54. The molecular formula is C19H25NO. The Morgan fingerprint density at radius 2 is 1.76 bits per heavy atom. The van der Waals surface area contributed by atoms with Crippen LogP contribution in [-0.2, 0) is 0 Å². The van der Waals surface area contributed by atoms with Gasteiger partial charge in [0.05, 0.1) is 7.11 Å². The molecule has 0 spiro atoms. The van der Waals surface area contributed by atoms with Crippen molar-refractivity contribution in [3.8, 4) is 5.75 Å². The summed E-state index contributed by atoms with van der Waals surface area (Å²) in [5.74, 6) is 1.73. The van der Waals surface area contributed by atoms with Gasteiger partial charge in [0.1, 0.15) is 5.75 Å². The average molecular weight is 283 g/mol. The van der Waals surface area contributed by atoms with E-state index in [0.29, 0.717) is 0 Å². The molecule has 21 heavy (non-hydrogen) atoms. The number of methoxy groups -OCH3 is 1. The summed E-state index contributed by atoms with van der Waals surface area (Å²) < 4.78 is 5.47. The number of fused-ring (bicyclic) bond motifs is 1. The molecule has 1 unspecified atom stereocenters. The number of nitrogens with two attached hydrogens (primary N) is 1. The van der Waals surface area contributed by atoms with E-state index in [9.17, 15) is 0 Å². The summed E-state index contributed by atoms with van der Waals surface area (Å²) in [6.07, 6.45) is 7.96. The minimum Gasteiger partial charge on any atom is -0.496 e. The van der Waals surface area contributed by atoms with Crippen LogP contribution in [0.1, 0.15) is 50.1 Å². The summed E-state index contributed by atoms with van der Waals surface area (Å²) in [6, 6.07) is 12.7. The summed E-state index contributed by atoms with van der Waals surface area (Å²) in [5.41, 5.74) is 7.80. The molecular weight excluding hydrogens is 258 g/mol.